The van der Waals surface area contributed by atoms with Gasteiger partial charge in [-0.2, -0.15) is 0 Å². The van der Waals surface area contributed by atoms with E-state index in [2.05, 4.69) is 15.8 Å². The Morgan fingerprint density at radius 2 is 1.79 bits per heavy atom. The van der Waals surface area contributed by atoms with Crippen molar-refractivity contribution in [2.75, 3.05) is 6.61 Å². The maximum absolute atomic E-state index is 12.7. The Balaban J connectivity index is 1.50. The lowest BCUT2D eigenvalue weighted by Gasteiger charge is -2.08. The summed E-state index contributed by atoms with van der Waals surface area (Å²) in [4.78, 5) is 26.6. The van der Waals surface area contributed by atoms with Gasteiger partial charge in [-0.1, -0.05) is 18.2 Å². The summed E-state index contributed by atoms with van der Waals surface area (Å²) >= 11 is 0. The first kappa shape index (κ1) is 15.5. The number of carbonyl (C=O) groups is 2. The first-order valence-corrected chi connectivity index (χ1v) is 7.17. The van der Waals surface area contributed by atoms with Gasteiger partial charge in [0.15, 0.2) is 6.61 Å². The third-order valence-electron chi connectivity index (χ3n) is 3.27. The van der Waals surface area contributed by atoms with Crippen molar-refractivity contribution in [1.82, 2.24) is 15.8 Å². The largest absolute Gasteiger partial charge is 0.484 e. The minimum atomic E-state index is -0.538. The van der Waals surface area contributed by atoms with E-state index in [1.165, 1.54) is 24.3 Å². The van der Waals surface area contributed by atoms with E-state index in [9.17, 15) is 14.0 Å². The number of ether oxygens (including phenoxy) is 1. The van der Waals surface area contributed by atoms with Gasteiger partial charge in [-0.3, -0.25) is 20.4 Å². The van der Waals surface area contributed by atoms with Crippen LogP contribution in [0.2, 0.25) is 0 Å². The second-order valence-electron chi connectivity index (χ2n) is 5.02. The van der Waals surface area contributed by atoms with Crippen molar-refractivity contribution in [3.8, 4) is 5.75 Å². The number of carbonyl (C=O) groups excluding carboxylic acids is 2. The van der Waals surface area contributed by atoms with Gasteiger partial charge in [-0.15, -0.1) is 0 Å². The minimum Gasteiger partial charge on any atom is -0.484 e. The molecule has 0 aliphatic heterocycles. The van der Waals surface area contributed by atoms with Gasteiger partial charge in [0, 0.05) is 10.9 Å². The summed E-state index contributed by atoms with van der Waals surface area (Å²) in [6.45, 7) is -0.307. The van der Waals surface area contributed by atoms with Crippen LogP contribution in [0.3, 0.4) is 0 Å². The molecule has 6 nitrogen and oxygen atoms in total. The molecule has 24 heavy (non-hydrogen) atoms. The van der Waals surface area contributed by atoms with Gasteiger partial charge in [-0.25, -0.2) is 4.39 Å². The topological polar surface area (TPSA) is 83.2 Å². The molecule has 2 aromatic carbocycles. The molecule has 0 spiro atoms. The van der Waals surface area contributed by atoms with Gasteiger partial charge in [-0.05, 0) is 36.4 Å². The van der Waals surface area contributed by atoms with Gasteiger partial charge in [0.2, 0.25) is 0 Å². The second kappa shape index (κ2) is 6.82. The fraction of sp³-hybridized carbons (Fsp3) is 0.0588. The SMILES string of the molecule is O=C(COc1ccc(F)cc1)NNC(=O)c1cc2ccccc2[nH]1. The monoisotopic (exact) mass is 327 g/mol. The van der Waals surface area contributed by atoms with Crippen molar-refractivity contribution in [1.29, 1.82) is 0 Å². The van der Waals surface area contributed by atoms with E-state index in [4.69, 9.17) is 4.74 Å². The zero-order chi connectivity index (χ0) is 16.9. The summed E-state index contributed by atoms with van der Waals surface area (Å²) in [5.74, 6) is -1.05. The van der Waals surface area contributed by atoms with Gasteiger partial charge in [0.05, 0.1) is 0 Å². The average Bonchev–Trinajstić information content (AvgIpc) is 3.03. The molecule has 0 atom stereocenters. The molecule has 0 saturated heterocycles. The highest BCUT2D eigenvalue weighted by atomic mass is 19.1. The number of hydrogen-bond donors (Lipinski definition) is 3. The van der Waals surface area contributed by atoms with E-state index in [0.717, 1.165) is 10.9 Å². The Bertz CT molecular complexity index is 841. The van der Waals surface area contributed by atoms with Gasteiger partial charge >= 0.3 is 0 Å². The number of amides is 2. The van der Waals surface area contributed by atoms with Crippen LogP contribution in [0.25, 0.3) is 10.9 Å². The fourth-order valence-electron chi connectivity index (χ4n) is 2.11. The van der Waals surface area contributed by atoms with Crippen LogP contribution < -0.4 is 15.6 Å². The first-order valence-electron chi connectivity index (χ1n) is 7.17. The Hall–Kier alpha value is -3.35. The van der Waals surface area contributed by atoms with Crippen LogP contribution in [0.4, 0.5) is 4.39 Å². The minimum absolute atomic E-state index is 0.307. The highest BCUT2D eigenvalue weighted by molar-refractivity contribution is 5.98. The first-order chi connectivity index (χ1) is 11.6. The van der Waals surface area contributed by atoms with Crippen molar-refractivity contribution >= 4 is 22.7 Å². The van der Waals surface area contributed by atoms with Crippen LogP contribution in [-0.2, 0) is 4.79 Å². The van der Waals surface area contributed by atoms with Crippen molar-refractivity contribution in [3.05, 3.63) is 66.1 Å². The summed E-state index contributed by atoms with van der Waals surface area (Å²) in [5.41, 5.74) is 5.70. The number of hydrazine groups is 1. The van der Waals surface area contributed by atoms with E-state index in [-0.39, 0.29) is 6.61 Å². The smallest absolute Gasteiger partial charge is 0.286 e. The highest BCUT2D eigenvalue weighted by Crippen LogP contribution is 2.14. The summed E-state index contributed by atoms with van der Waals surface area (Å²) in [5, 5.41) is 0.897. The number of H-pyrrole nitrogens is 1. The summed E-state index contributed by atoms with van der Waals surface area (Å²) in [6.07, 6.45) is 0. The molecular formula is C17H14FN3O3. The van der Waals surface area contributed by atoms with Crippen LogP contribution in [0.1, 0.15) is 10.5 Å². The van der Waals surface area contributed by atoms with E-state index in [1.54, 1.807) is 6.07 Å². The van der Waals surface area contributed by atoms with Crippen LogP contribution in [0.15, 0.2) is 54.6 Å². The summed E-state index contributed by atoms with van der Waals surface area (Å²) in [6, 6.07) is 14.4. The third-order valence-corrected chi connectivity index (χ3v) is 3.27. The summed E-state index contributed by atoms with van der Waals surface area (Å²) < 4.78 is 17.9. The predicted molar refractivity (Wildman–Crippen MR) is 85.8 cm³/mol. The van der Waals surface area contributed by atoms with Crippen molar-refractivity contribution in [3.63, 3.8) is 0 Å². The molecule has 122 valence electrons. The molecule has 0 saturated carbocycles. The number of fused-ring (bicyclic) bond motifs is 1. The maximum Gasteiger partial charge on any atom is 0.286 e. The number of benzene rings is 2. The maximum atomic E-state index is 12.7. The van der Waals surface area contributed by atoms with Crippen molar-refractivity contribution < 1.29 is 18.7 Å². The molecule has 1 aromatic heterocycles. The normalized spacial score (nSPS) is 10.4. The second-order valence-corrected chi connectivity index (χ2v) is 5.02. The molecule has 3 N–H and O–H groups in total. The Morgan fingerprint density at radius 1 is 1.04 bits per heavy atom. The van der Waals surface area contributed by atoms with Crippen LogP contribution in [-0.4, -0.2) is 23.4 Å². The van der Waals surface area contributed by atoms with Crippen molar-refractivity contribution in [2.24, 2.45) is 0 Å². The number of aromatic amines is 1. The van der Waals surface area contributed by atoms with Gasteiger partial charge in [0.1, 0.15) is 17.3 Å². The molecule has 0 radical (unpaired) electrons. The Morgan fingerprint density at radius 3 is 2.54 bits per heavy atom. The molecular weight excluding hydrogens is 313 g/mol. The molecule has 3 aromatic rings. The average molecular weight is 327 g/mol. The quantitative estimate of drug-likeness (QED) is 0.642. The molecule has 0 unspecified atom stereocenters. The molecule has 3 rings (SSSR count). The molecule has 0 aliphatic carbocycles. The Kier molecular flexibility index (Phi) is 4.42. The number of hydrogen-bond acceptors (Lipinski definition) is 3. The predicted octanol–water partition coefficient (Wildman–Crippen LogP) is 2.15. The lowest BCUT2D eigenvalue weighted by Crippen LogP contribution is -2.43. The molecule has 0 fully saturated rings. The highest BCUT2D eigenvalue weighted by Gasteiger charge is 2.10. The van der Waals surface area contributed by atoms with Crippen LogP contribution >= 0.6 is 0 Å². The van der Waals surface area contributed by atoms with Gasteiger partial charge in [0.25, 0.3) is 11.8 Å². The number of rotatable bonds is 4. The molecule has 7 heteroatoms. The fourth-order valence-corrected chi connectivity index (χ4v) is 2.11. The van der Waals surface area contributed by atoms with E-state index in [1.807, 2.05) is 24.3 Å². The lowest BCUT2D eigenvalue weighted by molar-refractivity contribution is -0.123. The standard InChI is InChI=1S/C17H14FN3O3/c18-12-5-7-13(8-6-12)24-10-16(22)20-21-17(23)15-9-11-3-1-2-4-14(11)19-15/h1-9,19H,10H2,(H,20,22)(H,21,23). The molecule has 0 aliphatic rings. The number of aromatic nitrogens is 1. The van der Waals surface area contributed by atoms with Crippen molar-refractivity contribution in [2.45, 2.75) is 0 Å². The van der Waals surface area contributed by atoms with Crippen LogP contribution in [0, 0.1) is 5.82 Å². The van der Waals surface area contributed by atoms with Gasteiger partial charge < -0.3 is 9.72 Å². The third kappa shape index (κ3) is 3.70. The lowest BCUT2D eigenvalue weighted by atomic mass is 10.2. The van der Waals surface area contributed by atoms with Crippen LogP contribution in [0.5, 0.6) is 5.75 Å². The number of halogens is 1. The number of nitrogens with one attached hydrogen (secondary N) is 3. The zero-order valence-corrected chi connectivity index (χ0v) is 12.5. The molecule has 2 amide bonds. The van der Waals surface area contributed by atoms with E-state index in [0.29, 0.717) is 11.4 Å². The number of para-hydroxylation sites is 1. The zero-order valence-electron chi connectivity index (χ0n) is 12.5. The molecule has 0 bridgehead atoms. The van der Waals surface area contributed by atoms with E-state index < -0.39 is 17.6 Å². The summed E-state index contributed by atoms with van der Waals surface area (Å²) in [7, 11) is 0. The van der Waals surface area contributed by atoms with E-state index >= 15 is 0 Å². The Labute approximate surface area is 136 Å². The molecule has 1 heterocycles.